The van der Waals surface area contributed by atoms with Crippen molar-refractivity contribution >= 4 is 22.5 Å². The van der Waals surface area contributed by atoms with Crippen molar-refractivity contribution in [2.24, 2.45) is 7.05 Å². The van der Waals surface area contributed by atoms with Gasteiger partial charge in [0.15, 0.2) is 5.82 Å². The van der Waals surface area contributed by atoms with E-state index in [1.165, 1.54) is 0 Å². The minimum atomic E-state index is -0.0616. The monoisotopic (exact) mass is 307 g/mol. The third-order valence-electron chi connectivity index (χ3n) is 4.38. The normalized spacial score (nSPS) is 17.0. The van der Waals surface area contributed by atoms with Crippen molar-refractivity contribution in [2.75, 3.05) is 12.4 Å². The molecule has 23 heavy (non-hydrogen) atoms. The third kappa shape index (κ3) is 2.16. The molecule has 5 heteroatoms. The lowest BCUT2D eigenvalue weighted by Gasteiger charge is -2.25. The number of nitrogens with one attached hydrogen (secondary N) is 1. The smallest absolute Gasteiger partial charge is 0.226 e. The van der Waals surface area contributed by atoms with E-state index in [-0.39, 0.29) is 11.8 Å². The van der Waals surface area contributed by atoms with Gasteiger partial charge in [0.2, 0.25) is 5.91 Å². The molecule has 2 aromatic carbocycles. The van der Waals surface area contributed by atoms with Gasteiger partial charge in [-0.2, -0.15) is 5.10 Å². The first kappa shape index (κ1) is 13.8. The first-order valence-electron chi connectivity index (χ1n) is 7.56. The summed E-state index contributed by atoms with van der Waals surface area (Å²) in [5.41, 5.74) is 2.08. The van der Waals surface area contributed by atoms with E-state index in [4.69, 9.17) is 4.74 Å². The molecule has 0 bridgehead atoms. The highest BCUT2D eigenvalue weighted by atomic mass is 16.5. The van der Waals surface area contributed by atoms with Gasteiger partial charge in [0.25, 0.3) is 0 Å². The van der Waals surface area contributed by atoms with Crippen molar-refractivity contribution in [3.63, 3.8) is 0 Å². The fourth-order valence-electron chi connectivity index (χ4n) is 3.41. The van der Waals surface area contributed by atoms with Gasteiger partial charge in [-0.15, -0.1) is 0 Å². The van der Waals surface area contributed by atoms with Gasteiger partial charge in [-0.05, 0) is 16.8 Å². The summed E-state index contributed by atoms with van der Waals surface area (Å²) in [5.74, 6) is 1.37. The molecule has 0 aliphatic carbocycles. The summed E-state index contributed by atoms with van der Waals surface area (Å²) in [7, 11) is 3.53. The molecular formula is C18H17N3O2. The van der Waals surface area contributed by atoms with Gasteiger partial charge in [-0.3, -0.25) is 9.48 Å². The lowest BCUT2D eigenvalue weighted by Crippen LogP contribution is -2.23. The molecule has 1 aromatic heterocycles. The topological polar surface area (TPSA) is 56.1 Å². The Morgan fingerprint density at radius 1 is 1.26 bits per heavy atom. The molecule has 1 amide bonds. The van der Waals surface area contributed by atoms with Crippen molar-refractivity contribution in [1.82, 2.24) is 9.78 Å². The Labute approximate surface area is 133 Å². The van der Waals surface area contributed by atoms with E-state index in [1.807, 2.05) is 37.5 Å². The molecule has 0 spiro atoms. The van der Waals surface area contributed by atoms with Crippen molar-refractivity contribution < 1.29 is 9.53 Å². The van der Waals surface area contributed by atoms with E-state index in [1.54, 1.807) is 11.8 Å². The third-order valence-corrected chi connectivity index (χ3v) is 4.38. The Balaban J connectivity index is 2.00. The quantitative estimate of drug-likeness (QED) is 0.791. The number of nitrogens with zero attached hydrogens (tertiary/aromatic N) is 2. The average molecular weight is 307 g/mol. The van der Waals surface area contributed by atoms with Gasteiger partial charge in [-0.1, -0.05) is 30.3 Å². The van der Waals surface area contributed by atoms with Gasteiger partial charge in [0.05, 0.1) is 7.11 Å². The lowest BCUT2D eigenvalue weighted by molar-refractivity contribution is -0.116. The van der Waals surface area contributed by atoms with E-state index in [0.29, 0.717) is 12.2 Å². The number of rotatable bonds is 2. The number of hydrogen-bond acceptors (Lipinski definition) is 3. The van der Waals surface area contributed by atoms with E-state index < -0.39 is 0 Å². The zero-order chi connectivity index (χ0) is 16.0. The second-order valence-corrected chi connectivity index (χ2v) is 5.81. The Kier molecular flexibility index (Phi) is 3.08. The van der Waals surface area contributed by atoms with Gasteiger partial charge in [0.1, 0.15) is 5.75 Å². The number of benzene rings is 2. The molecule has 5 nitrogen and oxygen atoms in total. The van der Waals surface area contributed by atoms with Crippen LogP contribution in [0.25, 0.3) is 10.8 Å². The first-order valence-corrected chi connectivity index (χ1v) is 7.56. The van der Waals surface area contributed by atoms with Gasteiger partial charge < -0.3 is 10.1 Å². The predicted octanol–water partition coefficient (Wildman–Crippen LogP) is 3.06. The number of hydrogen-bond donors (Lipinski definition) is 1. The number of aromatic nitrogens is 2. The van der Waals surface area contributed by atoms with Crippen LogP contribution in [0.2, 0.25) is 0 Å². The molecule has 0 fully saturated rings. The Morgan fingerprint density at radius 3 is 2.91 bits per heavy atom. The maximum absolute atomic E-state index is 12.2. The SMILES string of the molecule is COc1ccc2ccccc2c1C1CC(=O)Nc2nn(C)cc21. The van der Waals surface area contributed by atoms with Crippen LogP contribution in [0.15, 0.2) is 42.6 Å². The number of amides is 1. The molecule has 116 valence electrons. The molecule has 3 aromatic rings. The molecule has 1 atom stereocenters. The number of anilines is 1. The van der Waals surface area contributed by atoms with Crippen molar-refractivity contribution in [3.8, 4) is 5.75 Å². The average Bonchev–Trinajstić information content (AvgIpc) is 2.93. The lowest BCUT2D eigenvalue weighted by atomic mass is 9.84. The van der Waals surface area contributed by atoms with Crippen LogP contribution in [0.5, 0.6) is 5.75 Å². The number of carbonyl (C=O) groups excluding carboxylic acids is 1. The summed E-state index contributed by atoms with van der Waals surface area (Å²) in [4.78, 5) is 12.2. The van der Waals surface area contributed by atoms with Crippen LogP contribution in [0.3, 0.4) is 0 Å². The minimum absolute atomic E-state index is 0.0174. The minimum Gasteiger partial charge on any atom is -0.496 e. The summed E-state index contributed by atoms with van der Waals surface area (Å²) in [6.07, 6.45) is 2.36. The maximum Gasteiger partial charge on any atom is 0.226 e. The zero-order valence-corrected chi connectivity index (χ0v) is 13.0. The van der Waals surface area contributed by atoms with Crippen LogP contribution >= 0.6 is 0 Å². The Bertz CT molecular complexity index is 914. The van der Waals surface area contributed by atoms with E-state index in [2.05, 4.69) is 22.5 Å². The van der Waals surface area contributed by atoms with Crippen LogP contribution in [0.1, 0.15) is 23.5 Å². The fourth-order valence-corrected chi connectivity index (χ4v) is 3.41. The number of aryl methyl sites for hydroxylation is 1. The summed E-state index contributed by atoms with van der Waals surface area (Å²) in [6, 6.07) is 12.2. The molecule has 1 unspecified atom stereocenters. The second-order valence-electron chi connectivity index (χ2n) is 5.81. The van der Waals surface area contributed by atoms with Crippen LogP contribution in [-0.4, -0.2) is 22.8 Å². The highest BCUT2D eigenvalue weighted by Gasteiger charge is 2.32. The molecular weight excluding hydrogens is 290 g/mol. The summed E-state index contributed by atoms with van der Waals surface area (Å²) in [5, 5.41) is 9.46. The molecule has 4 rings (SSSR count). The van der Waals surface area contributed by atoms with Crippen LogP contribution in [0.4, 0.5) is 5.82 Å². The van der Waals surface area contributed by atoms with Crippen molar-refractivity contribution in [3.05, 3.63) is 53.7 Å². The van der Waals surface area contributed by atoms with Crippen LogP contribution in [0, 0.1) is 0 Å². The largest absolute Gasteiger partial charge is 0.496 e. The molecule has 0 saturated heterocycles. The molecule has 0 radical (unpaired) electrons. The number of methoxy groups -OCH3 is 1. The van der Waals surface area contributed by atoms with Gasteiger partial charge in [-0.25, -0.2) is 0 Å². The molecule has 1 aliphatic heterocycles. The van der Waals surface area contributed by atoms with E-state index in [9.17, 15) is 4.79 Å². The zero-order valence-electron chi connectivity index (χ0n) is 13.0. The van der Waals surface area contributed by atoms with Crippen LogP contribution < -0.4 is 10.1 Å². The fraction of sp³-hybridized carbons (Fsp3) is 0.222. The standard InChI is InChI=1S/C18H17N3O2/c1-21-10-14-13(9-16(22)19-18(14)20-21)17-12-6-4-3-5-11(12)7-8-15(17)23-2/h3-8,10,13H,9H2,1-2H3,(H,19,20,22). The second kappa shape index (κ2) is 5.12. The van der Waals surface area contributed by atoms with E-state index >= 15 is 0 Å². The Morgan fingerprint density at radius 2 is 2.09 bits per heavy atom. The molecule has 1 aliphatic rings. The molecule has 0 saturated carbocycles. The number of ether oxygens (including phenoxy) is 1. The van der Waals surface area contributed by atoms with Crippen LogP contribution in [-0.2, 0) is 11.8 Å². The number of fused-ring (bicyclic) bond motifs is 2. The van der Waals surface area contributed by atoms with Gasteiger partial charge in [0, 0.05) is 36.7 Å². The first-order chi connectivity index (χ1) is 11.2. The summed E-state index contributed by atoms with van der Waals surface area (Å²) >= 11 is 0. The number of carbonyl (C=O) groups is 1. The predicted molar refractivity (Wildman–Crippen MR) is 88.8 cm³/mol. The molecule has 2 heterocycles. The summed E-state index contributed by atoms with van der Waals surface area (Å²) < 4.78 is 7.34. The van der Waals surface area contributed by atoms with Crippen molar-refractivity contribution in [1.29, 1.82) is 0 Å². The Hall–Kier alpha value is -2.82. The highest BCUT2D eigenvalue weighted by molar-refractivity contribution is 5.96. The highest BCUT2D eigenvalue weighted by Crippen LogP contribution is 2.43. The van der Waals surface area contributed by atoms with E-state index in [0.717, 1.165) is 27.6 Å². The van der Waals surface area contributed by atoms with Crippen molar-refractivity contribution in [2.45, 2.75) is 12.3 Å². The summed E-state index contributed by atoms with van der Waals surface area (Å²) in [6.45, 7) is 0. The van der Waals surface area contributed by atoms with Gasteiger partial charge >= 0.3 is 0 Å². The maximum atomic E-state index is 12.2. The molecule has 1 N–H and O–H groups in total.